The average Bonchev–Trinajstić information content (AvgIpc) is 3.27. The number of imide groups is 1. The maximum atomic E-state index is 13.6. The number of carbonyl (C=O) groups excluding carboxylic acids is 3. The van der Waals surface area contributed by atoms with Gasteiger partial charge >= 0.3 is 0 Å². The van der Waals surface area contributed by atoms with Gasteiger partial charge in [0.2, 0.25) is 0 Å². The van der Waals surface area contributed by atoms with Crippen molar-refractivity contribution >= 4 is 29.0 Å². The summed E-state index contributed by atoms with van der Waals surface area (Å²) in [6.07, 6.45) is 4.99. The Morgan fingerprint density at radius 1 is 0.788 bits per heavy atom. The Balaban J connectivity index is 1.29. The van der Waals surface area contributed by atoms with Gasteiger partial charge in [0.1, 0.15) is 0 Å². The van der Waals surface area contributed by atoms with Crippen LogP contribution >= 0.6 is 0 Å². The monoisotopic (exact) mass is 434 g/mol. The van der Waals surface area contributed by atoms with E-state index in [0.29, 0.717) is 22.4 Å². The van der Waals surface area contributed by atoms with Crippen molar-refractivity contribution in [1.29, 1.82) is 0 Å². The molecule has 3 aliphatic rings. The molecular weight excluding hydrogens is 412 g/mol. The summed E-state index contributed by atoms with van der Waals surface area (Å²) in [4.78, 5) is 42.5. The molecule has 0 radical (unpaired) electrons. The first-order valence-electron chi connectivity index (χ1n) is 11.3. The molecule has 2 bridgehead atoms. The number of benzene rings is 3. The van der Waals surface area contributed by atoms with E-state index in [4.69, 9.17) is 0 Å². The summed E-state index contributed by atoms with van der Waals surface area (Å²) in [6.45, 7) is 0. The summed E-state index contributed by atoms with van der Waals surface area (Å²) in [5.41, 5.74) is 4.23. The minimum atomic E-state index is -0.353. The first kappa shape index (κ1) is 19.7. The number of fused-ring (bicyclic) bond motifs is 3. The Kier molecular flexibility index (Phi) is 4.50. The molecule has 0 saturated carbocycles. The molecular formula is C28H22N2O3. The van der Waals surface area contributed by atoms with Crippen LogP contribution in [0, 0.1) is 0 Å². The van der Waals surface area contributed by atoms with Gasteiger partial charge in [-0.25, -0.2) is 4.90 Å². The molecule has 3 heterocycles. The molecule has 2 atom stereocenters. The Labute approximate surface area is 191 Å². The van der Waals surface area contributed by atoms with Crippen LogP contribution in [0.3, 0.4) is 0 Å². The van der Waals surface area contributed by atoms with E-state index in [1.807, 2.05) is 23.1 Å². The normalized spacial score (nSPS) is 21.3. The predicted molar refractivity (Wildman–Crippen MR) is 126 cm³/mol. The van der Waals surface area contributed by atoms with Crippen molar-refractivity contribution in [1.82, 2.24) is 4.90 Å². The first-order valence-corrected chi connectivity index (χ1v) is 11.3. The van der Waals surface area contributed by atoms with Crippen molar-refractivity contribution in [2.45, 2.75) is 31.3 Å². The minimum absolute atomic E-state index is 0.0516. The zero-order valence-corrected chi connectivity index (χ0v) is 18.0. The van der Waals surface area contributed by atoms with Crippen LogP contribution < -0.4 is 4.90 Å². The third kappa shape index (κ3) is 3.11. The second kappa shape index (κ2) is 7.55. The lowest BCUT2D eigenvalue weighted by Gasteiger charge is -2.34. The lowest BCUT2D eigenvalue weighted by atomic mass is 9.94. The lowest BCUT2D eigenvalue weighted by molar-refractivity contribution is 0.0691. The molecule has 0 N–H and O–H groups in total. The highest BCUT2D eigenvalue weighted by atomic mass is 16.2. The van der Waals surface area contributed by atoms with Crippen LogP contribution in [-0.2, 0) is 0 Å². The molecule has 0 aromatic heterocycles. The Hall–Kier alpha value is -3.99. The maximum absolute atomic E-state index is 13.6. The molecule has 5 heteroatoms. The first-order chi connectivity index (χ1) is 16.1. The van der Waals surface area contributed by atoms with Gasteiger partial charge in [0.25, 0.3) is 17.7 Å². The van der Waals surface area contributed by atoms with Gasteiger partial charge in [-0.3, -0.25) is 14.4 Å². The minimum Gasteiger partial charge on any atom is -0.329 e. The van der Waals surface area contributed by atoms with E-state index in [1.54, 1.807) is 48.5 Å². The largest absolute Gasteiger partial charge is 0.329 e. The van der Waals surface area contributed by atoms with Crippen molar-refractivity contribution < 1.29 is 14.4 Å². The quantitative estimate of drug-likeness (QED) is 0.548. The van der Waals surface area contributed by atoms with E-state index in [-0.39, 0.29) is 29.8 Å². The fourth-order valence-electron chi connectivity index (χ4n) is 5.36. The van der Waals surface area contributed by atoms with Gasteiger partial charge in [-0.15, -0.1) is 0 Å². The number of hydrogen-bond acceptors (Lipinski definition) is 3. The summed E-state index contributed by atoms with van der Waals surface area (Å²) in [7, 11) is 0. The molecule has 6 rings (SSSR count). The van der Waals surface area contributed by atoms with Crippen LogP contribution in [0.1, 0.15) is 55.9 Å². The molecule has 3 aliphatic heterocycles. The molecule has 1 saturated heterocycles. The van der Waals surface area contributed by atoms with Crippen molar-refractivity contribution in [3.05, 3.63) is 107 Å². The fourth-order valence-corrected chi connectivity index (χ4v) is 5.36. The SMILES string of the molecule is O=C1c2ccccc2C(=O)N1c1cccc(C(=O)N2C3C=C(c4ccccc4)CC2CC3)c1. The highest BCUT2D eigenvalue weighted by Crippen LogP contribution is 2.39. The summed E-state index contributed by atoms with van der Waals surface area (Å²) >= 11 is 0. The zero-order valence-electron chi connectivity index (χ0n) is 18.0. The van der Waals surface area contributed by atoms with Gasteiger partial charge in [-0.2, -0.15) is 0 Å². The number of rotatable bonds is 3. The highest BCUT2D eigenvalue weighted by molar-refractivity contribution is 6.34. The summed E-state index contributed by atoms with van der Waals surface area (Å²) in [5, 5.41) is 0. The van der Waals surface area contributed by atoms with Crippen LogP contribution in [0.25, 0.3) is 5.57 Å². The van der Waals surface area contributed by atoms with Crippen LogP contribution in [-0.4, -0.2) is 34.7 Å². The van der Waals surface area contributed by atoms with E-state index in [9.17, 15) is 14.4 Å². The fraction of sp³-hybridized carbons (Fsp3) is 0.179. The standard InChI is InChI=1S/C28H22N2O3/c31-26(29-22-13-14-23(29)17-20(16-22)18-7-2-1-3-8-18)19-9-6-10-21(15-19)30-27(32)24-11-4-5-12-25(24)28(30)33/h1-12,15-16,22-23H,13-14,17H2. The maximum Gasteiger partial charge on any atom is 0.266 e. The third-order valence-electron chi connectivity index (χ3n) is 6.92. The van der Waals surface area contributed by atoms with Gasteiger partial charge in [0.15, 0.2) is 0 Å². The topological polar surface area (TPSA) is 57.7 Å². The molecule has 3 amide bonds. The molecule has 0 spiro atoms. The second-order valence-corrected chi connectivity index (χ2v) is 8.81. The van der Waals surface area contributed by atoms with Crippen LogP contribution in [0.4, 0.5) is 5.69 Å². The van der Waals surface area contributed by atoms with E-state index < -0.39 is 0 Å². The second-order valence-electron chi connectivity index (χ2n) is 8.81. The molecule has 3 aromatic carbocycles. The number of amides is 3. The lowest BCUT2D eigenvalue weighted by Crippen LogP contribution is -2.43. The van der Waals surface area contributed by atoms with Crippen molar-refractivity contribution in [2.75, 3.05) is 4.90 Å². The smallest absolute Gasteiger partial charge is 0.266 e. The van der Waals surface area contributed by atoms with E-state index in [1.165, 1.54) is 16.0 Å². The van der Waals surface area contributed by atoms with E-state index in [0.717, 1.165) is 19.3 Å². The number of anilines is 1. The van der Waals surface area contributed by atoms with Crippen molar-refractivity contribution in [3.63, 3.8) is 0 Å². The van der Waals surface area contributed by atoms with Crippen LogP contribution in [0.15, 0.2) is 84.9 Å². The summed E-state index contributed by atoms with van der Waals surface area (Å²) in [5.74, 6) is -0.758. The Morgan fingerprint density at radius 2 is 1.48 bits per heavy atom. The highest BCUT2D eigenvalue weighted by Gasteiger charge is 2.41. The molecule has 33 heavy (non-hydrogen) atoms. The van der Waals surface area contributed by atoms with Gasteiger partial charge < -0.3 is 4.90 Å². The Morgan fingerprint density at radius 3 is 2.18 bits per heavy atom. The third-order valence-corrected chi connectivity index (χ3v) is 6.92. The number of hydrogen-bond donors (Lipinski definition) is 0. The van der Waals surface area contributed by atoms with E-state index >= 15 is 0 Å². The molecule has 2 unspecified atom stereocenters. The Bertz CT molecular complexity index is 1290. The molecule has 3 aromatic rings. The predicted octanol–water partition coefficient (Wildman–Crippen LogP) is 4.95. The molecule has 0 aliphatic carbocycles. The van der Waals surface area contributed by atoms with Crippen LogP contribution in [0.5, 0.6) is 0 Å². The van der Waals surface area contributed by atoms with Gasteiger partial charge in [0.05, 0.1) is 22.9 Å². The number of nitrogens with zero attached hydrogens (tertiary/aromatic N) is 2. The van der Waals surface area contributed by atoms with Crippen molar-refractivity contribution in [3.8, 4) is 0 Å². The average molecular weight is 434 g/mol. The van der Waals surface area contributed by atoms with E-state index in [2.05, 4.69) is 18.2 Å². The van der Waals surface area contributed by atoms with Crippen LogP contribution in [0.2, 0.25) is 0 Å². The molecule has 162 valence electrons. The van der Waals surface area contributed by atoms with Gasteiger partial charge in [0, 0.05) is 11.6 Å². The summed E-state index contributed by atoms with van der Waals surface area (Å²) < 4.78 is 0. The zero-order chi connectivity index (χ0) is 22.5. The summed E-state index contributed by atoms with van der Waals surface area (Å²) in [6, 6.07) is 24.2. The van der Waals surface area contributed by atoms with Crippen molar-refractivity contribution in [2.24, 2.45) is 0 Å². The number of carbonyl (C=O) groups is 3. The molecule has 5 nitrogen and oxygen atoms in total. The van der Waals surface area contributed by atoms with Gasteiger partial charge in [-0.05, 0) is 60.7 Å². The van der Waals surface area contributed by atoms with Gasteiger partial charge in [-0.1, -0.05) is 54.6 Å². The molecule has 1 fully saturated rings.